The van der Waals surface area contributed by atoms with Crippen molar-refractivity contribution in [1.29, 1.82) is 0 Å². The second-order valence-electron chi connectivity index (χ2n) is 11.4. The summed E-state index contributed by atoms with van der Waals surface area (Å²) in [5.41, 5.74) is 4.88. The second kappa shape index (κ2) is 14.0. The fourth-order valence-electron chi connectivity index (χ4n) is 5.52. The molecule has 6 nitrogen and oxygen atoms in total. The van der Waals surface area contributed by atoms with Crippen molar-refractivity contribution in [2.24, 2.45) is 5.92 Å². The normalized spacial score (nSPS) is 16.2. The summed E-state index contributed by atoms with van der Waals surface area (Å²) in [5, 5.41) is 10.2. The van der Waals surface area contributed by atoms with Crippen molar-refractivity contribution >= 4 is 23.5 Å². The Morgan fingerprint density at radius 1 is 0.976 bits per heavy atom. The van der Waals surface area contributed by atoms with E-state index >= 15 is 0 Å². The predicted octanol–water partition coefficient (Wildman–Crippen LogP) is 6.48. The van der Waals surface area contributed by atoms with Crippen molar-refractivity contribution in [3.8, 4) is 5.75 Å². The van der Waals surface area contributed by atoms with Crippen molar-refractivity contribution in [2.75, 3.05) is 32.8 Å². The zero-order valence-corrected chi connectivity index (χ0v) is 24.3. The number of halogens is 1. The Bertz CT molecular complexity index is 1340. The van der Waals surface area contributed by atoms with Gasteiger partial charge in [0.1, 0.15) is 12.3 Å². The zero-order valence-electron chi connectivity index (χ0n) is 23.6. The van der Waals surface area contributed by atoms with Gasteiger partial charge in [-0.05, 0) is 104 Å². The van der Waals surface area contributed by atoms with Crippen molar-refractivity contribution in [2.45, 2.75) is 51.5 Å². The number of carboxylic acid groups (broad SMARTS) is 1. The monoisotopic (exact) mass is 574 g/mol. The van der Waals surface area contributed by atoms with Gasteiger partial charge in [-0.2, -0.15) is 0 Å². The number of aliphatic carboxylic acids is 1. The van der Waals surface area contributed by atoms with Crippen molar-refractivity contribution in [3.05, 3.63) is 99.6 Å². The molecule has 0 saturated heterocycles. The van der Waals surface area contributed by atoms with Crippen molar-refractivity contribution < 1.29 is 19.4 Å². The smallest absolute Gasteiger partial charge is 0.323 e. The Labute approximate surface area is 247 Å². The van der Waals surface area contributed by atoms with E-state index in [0.29, 0.717) is 36.6 Å². The molecular formula is C34H39ClN2O4. The third-order valence-electron chi connectivity index (χ3n) is 7.89. The van der Waals surface area contributed by atoms with Crippen LogP contribution >= 0.6 is 11.6 Å². The maximum absolute atomic E-state index is 13.6. The fraction of sp³-hybridized carbons (Fsp3) is 0.412. The van der Waals surface area contributed by atoms with Gasteiger partial charge in [-0.25, -0.2) is 0 Å². The van der Waals surface area contributed by atoms with E-state index in [1.807, 2.05) is 24.3 Å². The first-order valence-electron chi connectivity index (χ1n) is 14.7. The van der Waals surface area contributed by atoms with E-state index in [9.17, 15) is 14.7 Å². The summed E-state index contributed by atoms with van der Waals surface area (Å²) < 4.78 is 6.24. The summed E-state index contributed by atoms with van der Waals surface area (Å²) in [6.07, 6.45) is 7.14. The molecule has 1 N–H and O–H groups in total. The van der Waals surface area contributed by atoms with Gasteiger partial charge >= 0.3 is 5.97 Å². The summed E-state index contributed by atoms with van der Waals surface area (Å²) in [6.45, 7) is 3.83. The van der Waals surface area contributed by atoms with Crippen LogP contribution in [0.1, 0.15) is 64.7 Å². The number of hydrogen-bond acceptors (Lipinski definition) is 4. The zero-order chi connectivity index (χ0) is 28.6. The molecule has 2 aliphatic rings. The minimum absolute atomic E-state index is 0.291. The minimum atomic E-state index is -1.04. The third-order valence-corrected chi connectivity index (χ3v) is 8.14. The maximum atomic E-state index is 13.6. The molecule has 0 spiro atoms. The van der Waals surface area contributed by atoms with Gasteiger partial charge in [0, 0.05) is 36.6 Å². The van der Waals surface area contributed by atoms with Crippen LogP contribution in [-0.2, 0) is 24.2 Å². The molecular weight excluding hydrogens is 536 g/mol. The number of carbonyl (C=O) groups excluding carboxylic acids is 1. The number of carbonyl (C=O) groups is 2. The topological polar surface area (TPSA) is 70.1 Å². The first-order chi connectivity index (χ1) is 19.9. The molecule has 41 heavy (non-hydrogen) atoms. The van der Waals surface area contributed by atoms with Crippen molar-refractivity contribution in [3.63, 3.8) is 0 Å². The first-order valence-corrected chi connectivity index (χ1v) is 15.1. The van der Waals surface area contributed by atoms with E-state index in [1.165, 1.54) is 35.4 Å². The number of benzene rings is 3. The van der Waals surface area contributed by atoms with Crippen LogP contribution < -0.4 is 4.74 Å². The molecule has 0 radical (unpaired) electrons. The molecule has 2 bridgehead atoms. The van der Waals surface area contributed by atoms with Gasteiger partial charge in [0.15, 0.2) is 0 Å². The van der Waals surface area contributed by atoms with Gasteiger partial charge in [-0.3, -0.25) is 14.5 Å². The van der Waals surface area contributed by atoms with Gasteiger partial charge in [-0.1, -0.05) is 48.0 Å². The average molecular weight is 575 g/mol. The molecule has 3 aromatic rings. The van der Waals surface area contributed by atoms with Crippen LogP contribution in [0.15, 0.2) is 66.7 Å². The van der Waals surface area contributed by atoms with Crippen LogP contribution in [0, 0.1) is 5.92 Å². The lowest BCUT2D eigenvalue weighted by molar-refractivity contribution is -0.137. The lowest BCUT2D eigenvalue weighted by Crippen LogP contribution is -2.37. The molecule has 3 aromatic carbocycles. The van der Waals surface area contributed by atoms with E-state index in [4.69, 9.17) is 16.3 Å². The van der Waals surface area contributed by atoms with Gasteiger partial charge in [0.2, 0.25) is 0 Å². The highest BCUT2D eigenvalue weighted by molar-refractivity contribution is 6.30. The Hall–Kier alpha value is -3.35. The summed E-state index contributed by atoms with van der Waals surface area (Å²) >= 11 is 6.00. The molecule has 1 heterocycles. The Morgan fingerprint density at radius 3 is 2.56 bits per heavy atom. The molecule has 0 atom stereocenters. The number of carboxylic acids is 1. The standard InChI is InChI=1S/C34H39ClN2O4/c35-31-12-9-25(10-13-31)15-17-37(24-33(38)39)34(40)29-11-14-32-30(21-29)20-27-5-4-6-28(19-27)23-36(22-26-7-8-26)16-2-1-3-18-41-32/h4-6,9-14,19,21,26H,1-3,7-8,15-18,20,22-24H2,(H,38,39). The van der Waals surface area contributed by atoms with E-state index in [1.54, 1.807) is 18.2 Å². The average Bonchev–Trinajstić information content (AvgIpc) is 3.77. The summed E-state index contributed by atoms with van der Waals surface area (Å²) in [4.78, 5) is 29.3. The number of rotatable bonds is 8. The Kier molecular flexibility index (Phi) is 9.97. The Morgan fingerprint density at radius 2 is 1.78 bits per heavy atom. The summed E-state index contributed by atoms with van der Waals surface area (Å²) in [7, 11) is 0. The number of amides is 1. The number of nitrogens with zero attached hydrogens (tertiary/aromatic N) is 2. The quantitative estimate of drug-likeness (QED) is 0.334. The Balaban J connectivity index is 1.36. The summed E-state index contributed by atoms with van der Waals surface area (Å²) in [5.74, 6) is 0.303. The maximum Gasteiger partial charge on any atom is 0.323 e. The molecule has 5 rings (SSSR count). The highest BCUT2D eigenvalue weighted by Crippen LogP contribution is 2.31. The second-order valence-corrected chi connectivity index (χ2v) is 11.8. The van der Waals surface area contributed by atoms with Crippen LogP contribution in [0.2, 0.25) is 5.02 Å². The summed E-state index contributed by atoms with van der Waals surface area (Å²) in [6, 6.07) is 21.6. The fourth-order valence-corrected chi connectivity index (χ4v) is 5.64. The lowest BCUT2D eigenvalue weighted by Gasteiger charge is -2.23. The molecule has 0 unspecified atom stereocenters. The van der Waals surface area contributed by atoms with E-state index < -0.39 is 5.97 Å². The van der Waals surface area contributed by atoms with Gasteiger partial charge in [0.05, 0.1) is 6.61 Å². The molecule has 1 aliphatic carbocycles. The lowest BCUT2D eigenvalue weighted by atomic mass is 9.99. The predicted molar refractivity (Wildman–Crippen MR) is 162 cm³/mol. The van der Waals surface area contributed by atoms with Gasteiger partial charge in [-0.15, -0.1) is 0 Å². The SMILES string of the molecule is O=C(O)CN(CCc1ccc(Cl)cc1)C(=O)c1ccc2c(c1)Cc1cccc(c1)CN(CC1CC1)CCCCCO2. The number of hydrogen-bond donors (Lipinski definition) is 1. The highest BCUT2D eigenvalue weighted by Gasteiger charge is 2.24. The minimum Gasteiger partial charge on any atom is -0.493 e. The van der Waals surface area contributed by atoms with Crippen LogP contribution in [0.25, 0.3) is 0 Å². The molecule has 1 fully saturated rings. The van der Waals surface area contributed by atoms with E-state index in [-0.39, 0.29) is 12.5 Å². The first kappa shape index (κ1) is 29.2. The number of fused-ring (bicyclic) bond motifs is 3. The molecule has 216 valence electrons. The van der Waals surface area contributed by atoms with Crippen molar-refractivity contribution in [1.82, 2.24) is 9.80 Å². The molecule has 1 saturated carbocycles. The largest absolute Gasteiger partial charge is 0.493 e. The number of ether oxygens (including phenoxy) is 1. The van der Waals surface area contributed by atoms with Crippen LogP contribution in [0.3, 0.4) is 0 Å². The van der Waals surface area contributed by atoms with Crippen LogP contribution in [0.5, 0.6) is 5.75 Å². The van der Waals surface area contributed by atoms with Gasteiger partial charge in [0.25, 0.3) is 5.91 Å². The third kappa shape index (κ3) is 8.82. The molecule has 1 aliphatic heterocycles. The van der Waals surface area contributed by atoms with E-state index in [0.717, 1.165) is 55.1 Å². The van der Waals surface area contributed by atoms with E-state index in [2.05, 4.69) is 29.2 Å². The highest BCUT2D eigenvalue weighted by atomic mass is 35.5. The van der Waals surface area contributed by atoms with Crippen LogP contribution in [0.4, 0.5) is 0 Å². The van der Waals surface area contributed by atoms with Crippen LogP contribution in [-0.4, -0.2) is 59.6 Å². The molecule has 1 amide bonds. The molecule has 0 aromatic heterocycles. The molecule has 7 heteroatoms. The van der Waals surface area contributed by atoms with Gasteiger partial charge < -0.3 is 14.7 Å².